The lowest BCUT2D eigenvalue weighted by molar-refractivity contribution is -0.180. The number of methoxy groups -OCH3 is 1. The molecule has 0 radical (unpaired) electrons. The number of ether oxygens (including phenoxy) is 1. The summed E-state index contributed by atoms with van der Waals surface area (Å²) in [5.74, 6) is 0. The number of fused-ring (bicyclic) bond motifs is 1. The van der Waals surface area contributed by atoms with Gasteiger partial charge in [0.15, 0.2) is 0 Å². The van der Waals surface area contributed by atoms with Crippen molar-refractivity contribution >= 4 is 27.2 Å². The summed E-state index contributed by atoms with van der Waals surface area (Å²) in [7, 11) is 1.76. The van der Waals surface area contributed by atoms with Gasteiger partial charge in [-0.2, -0.15) is 5.10 Å². The van der Waals surface area contributed by atoms with E-state index in [4.69, 9.17) is 10.5 Å². The number of aromatic nitrogens is 2. The van der Waals surface area contributed by atoms with Gasteiger partial charge in [-0.1, -0.05) is 19.8 Å². The lowest BCUT2D eigenvalue weighted by Crippen LogP contribution is -2.63. The average Bonchev–Trinajstić information content (AvgIpc) is 2.87. The molecule has 7 heteroatoms. The Morgan fingerprint density at radius 2 is 2.08 bits per heavy atom. The van der Waals surface area contributed by atoms with Crippen molar-refractivity contribution in [2.45, 2.75) is 51.9 Å². The summed E-state index contributed by atoms with van der Waals surface area (Å²) in [5, 5.41) is 20.1. The highest BCUT2D eigenvalue weighted by atomic mass is 32.1. The first kappa shape index (κ1) is 17.5. The van der Waals surface area contributed by atoms with Crippen LogP contribution in [-0.2, 0) is 4.74 Å². The molecular weight excluding hydrogens is 324 g/mol. The van der Waals surface area contributed by atoms with Crippen LogP contribution in [0.4, 0.5) is 5.69 Å². The fourth-order valence-electron chi connectivity index (χ4n) is 3.37. The molecule has 1 atom stereocenters. The minimum absolute atomic E-state index is 0.130. The molecular formula is C17H26N4O2S. The second kappa shape index (κ2) is 6.55. The van der Waals surface area contributed by atoms with Gasteiger partial charge in [0.05, 0.1) is 21.9 Å². The van der Waals surface area contributed by atoms with Crippen molar-refractivity contribution < 1.29 is 9.84 Å². The predicted molar refractivity (Wildman–Crippen MR) is 97.1 cm³/mol. The lowest BCUT2D eigenvalue weighted by atomic mass is 9.87. The predicted octanol–water partition coefficient (Wildman–Crippen LogP) is 2.77. The first-order chi connectivity index (χ1) is 11.4. The number of thiophene rings is 1. The second-order valence-electron chi connectivity index (χ2n) is 6.74. The maximum absolute atomic E-state index is 10.8. The first-order valence-corrected chi connectivity index (χ1v) is 9.23. The summed E-state index contributed by atoms with van der Waals surface area (Å²) < 4.78 is 5.71. The molecule has 1 unspecified atom stereocenters. The van der Waals surface area contributed by atoms with Crippen molar-refractivity contribution in [2.24, 2.45) is 0 Å². The number of nitrogens with zero attached hydrogens (tertiary/aromatic N) is 3. The maximum atomic E-state index is 10.8. The fourth-order valence-corrected chi connectivity index (χ4v) is 4.49. The molecule has 6 nitrogen and oxygen atoms in total. The number of aliphatic hydroxyl groups excluding tert-OH is 1. The van der Waals surface area contributed by atoms with Crippen LogP contribution < -0.4 is 5.73 Å². The highest BCUT2D eigenvalue weighted by Gasteiger charge is 2.46. The van der Waals surface area contributed by atoms with Crippen LogP contribution in [0.5, 0.6) is 0 Å². The third-order valence-electron chi connectivity index (χ3n) is 5.15. The standard InChI is InChI=1S/C17H26N4O2S/c1-5-6-7-17(23-4)8-21(9-17)16(22)14-13(18)12-10(2)11(3)19-20-15(12)24-14/h16,22H,5-9,18H2,1-4H3. The Kier molecular flexibility index (Phi) is 4.79. The molecule has 3 heterocycles. The van der Waals surface area contributed by atoms with Crippen LogP contribution >= 0.6 is 11.3 Å². The maximum Gasteiger partial charge on any atom is 0.148 e. The number of nitrogen functional groups attached to an aromatic ring is 1. The summed E-state index contributed by atoms with van der Waals surface area (Å²) in [6.45, 7) is 7.54. The van der Waals surface area contributed by atoms with Crippen LogP contribution in [0, 0.1) is 13.8 Å². The zero-order valence-electron chi connectivity index (χ0n) is 14.8. The van der Waals surface area contributed by atoms with Gasteiger partial charge in [-0.15, -0.1) is 16.4 Å². The first-order valence-electron chi connectivity index (χ1n) is 8.41. The van der Waals surface area contributed by atoms with Gasteiger partial charge < -0.3 is 15.6 Å². The van der Waals surface area contributed by atoms with Crippen LogP contribution in [0.2, 0.25) is 0 Å². The molecule has 0 spiro atoms. The summed E-state index contributed by atoms with van der Waals surface area (Å²) in [5.41, 5.74) is 8.73. The van der Waals surface area contributed by atoms with E-state index in [0.29, 0.717) is 5.69 Å². The van der Waals surface area contributed by atoms with Crippen molar-refractivity contribution in [1.82, 2.24) is 15.1 Å². The van der Waals surface area contributed by atoms with E-state index in [0.717, 1.165) is 58.7 Å². The van der Waals surface area contributed by atoms with Crippen LogP contribution in [-0.4, -0.2) is 46.0 Å². The summed E-state index contributed by atoms with van der Waals surface area (Å²) in [6, 6.07) is 0. The van der Waals surface area contributed by atoms with Gasteiger partial charge in [-0.25, -0.2) is 0 Å². The van der Waals surface area contributed by atoms with E-state index in [2.05, 4.69) is 17.1 Å². The fraction of sp³-hybridized carbons (Fsp3) is 0.647. The van der Waals surface area contributed by atoms with Gasteiger partial charge in [0.25, 0.3) is 0 Å². The molecule has 0 aliphatic carbocycles. The summed E-state index contributed by atoms with van der Waals surface area (Å²) >= 11 is 1.43. The molecule has 2 aromatic heterocycles. The Morgan fingerprint density at radius 3 is 2.71 bits per heavy atom. The summed E-state index contributed by atoms with van der Waals surface area (Å²) in [6.07, 6.45) is 2.59. The molecule has 1 saturated heterocycles. The zero-order valence-corrected chi connectivity index (χ0v) is 15.6. The third kappa shape index (κ3) is 2.79. The Balaban J connectivity index is 1.82. The van der Waals surface area contributed by atoms with E-state index in [1.54, 1.807) is 7.11 Å². The number of aryl methyl sites for hydroxylation is 2. The van der Waals surface area contributed by atoms with Crippen LogP contribution in [0.1, 0.15) is 48.5 Å². The molecule has 132 valence electrons. The van der Waals surface area contributed by atoms with Crippen molar-refractivity contribution in [3.05, 3.63) is 16.1 Å². The molecule has 2 aromatic rings. The molecule has 3 N–H and O–H groups in total. The van der Waals surface area contributed by atoms with Crippen LogP contribution in [0.15, 0.2) is 0 Å². The summed E-state index contributed by atoms with van der Waals surface area (Å²) in [4.78, 5) is 3.55. The molecule has 1 fully saturated rings. The highest BCUT2D eigenvalue weighted by molar-refractivity contribution is 7.19. The van der Waals surface area contributed by atoms with Crippen LogP contribution in [0.3, 0.4) is 0 Å². The molecule has 1 aliphatic rings. The number of likely N-dealkylation sites (tertiary alicyclic amines) is 1. The quantitative estimate of drug-likeness (QED) is 0.833. The Hall–Kier alpha value is -1.28. The molecule has 24 heavy (non-hydrogen) atoms. The van der Waals surface area contributed by atoms with Crippen molar-refractivity contribution in [3.8, 4) is 0 Å². The topological polar surface area (TPSA) is 84.5 Å². The lowest BCUT2D eigenvalue weighted by Gasteiger charge is -2.51. The van der Waals surface area contributed by atoms with Gasteiger partial charge in [0.1, 0.15) is 11.1 Å². The normalized spacial score (nSPS) is 18.7. The van der Waals surface area contributed by atoms with Gasteiger partial charge >= 0.3 is 0 Å². The monoisotopic (exact) mass is 350 g/mol. The SMILES string of the molecule is CCCCC1(OC)CN(C(O)c2sc3nnc(C)c(C)c3c2N)C1. The van der Waals surface area contributed by atoms with Gasteiger partial charge in [0, 0.05) is 25.6 Å². The Morgan fingerprint density at radius 1 is 1.38 bits per heavy atom. The van der Waals surface area contributed by atoms with Gasteiger partial charge in [0.2, 0.25) is 0 Å². The minimum atomic E-state index is -0.714. The van der Waals surface area contributed by atoms with E-state index in [1.165, 1.54) is 11.3 Å². The average molecular weight is 350 g/mol. The smallest absolute Gasteiger partial charge is 0.148 e. The molecule has 3 rings (SSSR count). The molecule has 0 aromatic carbocycles. The Bertz CT molecular complexity index is 740. The van der Waals surface area contributed by atoms with Crippen LogP contribution in [0.25, 0.3) is 10.2 Å². The number of rotatable bonds is 6. The number of nitrogens with two attached hydrogens (primary N) is 1. The van der Waals surface area contributed by atoms with Crippen molar-refractivity contribution in [2.75, 3.05) is 25.9 Å². The van der Waals surface area contributed by atoms with E-state index < -0.39 is 6.23 Å². The number of hydrogen-bond donors (Lipinski definition) is 2. The van der Waals surface area contributed by atoms with Gasteiger partial charge in [-0.3, -0.25) is 4.90 Å². The second-order valence-corrected chi connectivity index (χ2v) is 7.77. The number of anilines is 1. The van der Waals surface area contributed by atoms with E-state index in [9.17, 15) is 5.11 Å². The van der Waals surface area contributed by atoms with E-state index in [1.807, 2.05) is 18.7 Å². The van der Waals surface area contributed by atoms with Gasteiger partial charge in [-0.05, 0) is 25.8 Å². The number of aliphatic hydroxyl groups is 1. The highest BCUT2D eigenvalue weighted by Crippen LogP contribution is 2.43. The molecule has 0 bridgehead atoms. The molecule has 0 amide bonds. The Labute approximate surface area is 146 Å². The zero-order chi connectivity index (χ0) is 17.5. The van der Waals surface area contributed by atoms with Crippen molar-refractivity contribution in [1.29, 1.82) is 0 Å². The number of unbranched alkanes of at least 4 members (excludes halogenated alkanes) is 1. The largest absolute Gasteiger partial charge is 0.397 e. The van der Waals surface area contributed by atoms with E-state index >= 15 is 0 Å². The van der Waals surface area contributed by atoms with E-state index in [-0.39, 0.29) is 5.60 Å². The minimum Gasteiger partial charge on any atom is -0.397 e. The third-order valence-corrected chi connectivity index (χ3v) is 6.28. The number of hydrogen-bond acceptors (Lipinski definition) is 7. The van der Waals surface area contributed by atoms with Crippen molar-refractivity contribution in [3.63, 3.8) is 0 Å². The molecule has 1 aliphatic heterocycles. The molecule has 0 saturated carbocycles.